The molecule has 2 N–H and O–H groups in total. The number of hydrogen-bond acceptors (Lipinski definition) is 4. The smallest absolute Gasteiger partial charge is 0.271 e. The van der Waals surface area contributed by atoms with Crippen LogP contribution < -0.4 is 10.1 Å². The van der Waals surface area contributed by atoms with Gasteiger partial charge in [0.1, 0.15) is 12.3 Å². The lowest BCUT2D eigenvalue weighted by molar-refractivity contribution is 0.0117. The fraction of sp³-hybridized carbons (Fsp3) is 0.444. The molecule has 0 aliphatic carbocycles. The molecular formula is C18H22FN3O3. The third-order valence-electron chi connectivity index (χ3n) is 4.11. The fourth-order valence-corrected chi connectivity index (χ4v) is 2.74. The Morgan fingerprint density at radius 1 is 1.40 bits per heavy atom. The number of aromatic nitrogens is 2. The van der Waals surface area contributed by atoms with E-state index < -0.39 is 5.82 Å². The third-order valence-corrected chi connectivity index (χ3v) is 4.11. The predicted octanol–water partition coefficient (Wildman–Crippen LogP) is 2.82. The summed E-state index contributed by atoms with van der Waals surface area (Å²) in [5.41, 5.74) is 0.890. The minimum absolute atomic E-state index is 0.108. The normalized spacial score (nSPS) is 17.2. The van der Waals surface area contributed by atoms with E-state index in [1.807, 2.05) is 0 Å². The first-order valence-corrected chi connectivity index (χ1v) is 8.54. The first kappa shape index (κ1) is 17.4. The van der Waals surface area contributed by atoms with E-state index in [1.54, 1.807) is 24.3 Å². The molecule has 2 aromatic rings. The molecule has 1 amide bonds. The first-order chi connectivity index (χ1) is 12.2. The van der Waals surface area contributed by atoms with Crippen molar-refractivity contribution in [3.63, 3.8) is 0 Å². The number of H-pyrrole nitrogens is 1. The van der Waals surface area contributed by atoms with Gasteiger partial charge in [0.2, 0.25) is 0 Å². The molecule has 1 saturated heterocycles. The first-order valence-electron chi connectivity index (χ1n) is 8.54. The largest absolute Gasteiger partial charge is 0.484 e. The van der Waals surface area contributed by atoms with E-state index in [0.717, 1.165) is 25.9 Å². The number of amides is 1. The number of para-hydroxylation sites is 1. The molecule has 7 heteroatoms. The van der Waals surface area contributed by atoms with Crippen LogP contribution in [-0.4, -0.2) is 35.4 Å². The molecule has 1 unspecified atom stereocenters. The lowest BCUT2D eigenvalue weighted by atomic mass is 10.1. The van der Waals surface area contributed by atoms with Crippen molar-refractivity contribution in [2.75, 3.05) is 13.2 Å². The van der Waals surface area contributed by atoms with Crippen LogP contribution in [0.15, 0.2) is 30.3 Å². The van der Waals surface area contributed by atoms with Gasteiger partial charge < -0.3 is 14.8 Å². The van der Waals surface area contributed by atoms with E-state index >= 15 is 0 Å². The second-order valence-corrected chi connectivity index (χ2v) is 6.03. The number of aromatic amines is 1. The summed E-state index contributed by atoms with van der Waals surface area (Å²) in [7, 11) is 0. The van der Waals surface area contributed by atoms with E-state index in [4.69, 9.17) is 9.47 Å². The molecule has 0 radical (unpaired) electrons. The summed E-state index contributed by atoms with van der Waals surface area (Å²) in [4.78, 5) is 12.1. The van der Waals surface area contributed by atoms with Gasteiger partial charge in [0.15, 0.2) is 11.6 Å². The maximum atomic E-state index is 13.5. The summed E-state index contributed by atoms with van der Waals surface area (Å²) in [6.07, 6.45) is 4.39. The third kappa shape index (κ3) is 5.03. The number of nitrogens with zero attached hydrogens (tertiary/aromatic N) is 1. The van der Waals surface area contributed by atoms with Gasteiger partial charge in [-0.2, -0.15) is 5.10 Å². The molecule has 2 heterocycles. The lowest BCUT2D eigenvalue weighted by Crippen LogP contribution is -2.29. The molecule has 1 atom stereocenters. The maximum absolute atomic E-state index is 13.5. The highest BCUT2D eigenvalue weighted by molar-refractivity contribution is 5.92. The molecule has 1 aromatic carbocycles. The maximum Gasteiger partial charge on any atom is 0.271 e. The summed E-state index contributed by atoms with van der Waals surface area (Å²) >= 11 is 0. The molecule has 0 saturated carbocycles. The summed E-state index contributed by atoms with van der Waals surface area (Å²) in [6, 6.07) is 7.77. The second kappa shape index (κ2) is 8.62. The van der Waals surface area contributed by atoms with Gasteiger partial charge in [-0.3, -0.25) is 9.89 Å². The van der Waals surface area contributed by atoms with Gasteiger partial charge in [0.25, 0.3) is 5.91 Å². The minimum atomic E-state index is -0.426. The van der Waals surface area contributed by atoms with E-state index in [1.165, 1.54) is 12.5 Å². The van der Waals surface area contributed by atoms with Crippen molar-refractivity contribution in [2.45, 2.75) is 38.4 Å². The van der Waals surface area contributed by atoms with Crippen molar-refractivity contribution < 1.29 is 18.7 Å². The van der Waals surface area contributed by atoms with E-state index in [2.05, 4.69) is 15.5 Å². The van der Waals surface area contributed by atoms with Gasteiger partial charge >= 0.3 is 0 Å². The fourth-order valence-electron chi connectivity index (χ4n) is 2.74. The molecule has 25 heavy (non-hydrogen) atoms. The monoisotopic (exact) mass is 347 g/mol. The number of halogens is 1. The molecule has 1 fully saturated rings. The Morgan fingerprint density at radius 3 is 3.08 bits per heavy atom. The Balaban J connectivity index is 1.44. The van der Waals surface area contributed by atoms with Crippen LogP contribution in [0.4, 0.5) is 4.39 Å². The molecule has 1 aliphatic heterocycles. The van der Waals surface area contributed by atoms with Crippen molar-refractivity contribution >= 4 is 5.91 Å². The average Bonchev–Trinajstić information content (AvgIpc) is 3.11. The van der Waals surface area contributed by atoms with Gasteiger partial charge in [0, 0.05) is 13.2 Å². The average molecular weight is 347 g/mol. The minimum Gasteiger partial charge on any atom is -0.484 e. The van der Waals surface area contributed by atoms with Gasteiger partial charge in [-0.1, -0.05) is 12.1 Å². The number of carbonyl (C=O) groups excluding carboxylic acids is 1. The summed E-state index contributed by atoms with van der Waals surface area (Å²) in [5.74, 6) is -0.510. The molecule has 6 nitrogen and oxygen atoms in total. The molecule has 3 rings (SSSR count). The predicted molar refractivity (Wildman–Crippen MR) is 89.9 cm³/mol. The van der Waals surface area contributed by atoms with Crippen LogP contribution >= 0.6 is 0 Å². The zero-order valence-corrected chi connectivity index (χ0v) is 14.0. The van der Waals surface area contributed by atoms with Gasteiger partial charge in [-0.25, -0.2) is 4.39 Å². The van der Waals surface area contributed by atoms with Crippen LogP contribution in [0.3, 0.4) is 0 Å². The van der Waals surface area contributed by atoms with Crippen LogP contribution in [0.2, 0.25) is 0 Å². The van der Waals surface area contributed by atoms with Gasteiger partial charge in [-0.05, 0) is 43.9 Å². The van der Waals surface area contributed by atoms with Crippen LogP contribution in [0.5, 0.6) is 5.75 Å². The van der Waals surface area contributed by atoms with E-state index in [0.29, 0.717) is 12.2 Å². The zero-order chi connectivity index (χ0) is 17.5. The molecule has 0 spiro atoms. The Bertz CT molecular complexity index is 698. The van der Waals surface area contributed by atoms with E-state index in [9.17, 15) is 9.18 Å². The molecule has 0 bridgehead atoms. The zero-order valence-electron chi connectivity index (χ0n) is 14.0. The number of rotatable bonds is 7. The Labute approximate surface area is 145 Å². The van der Waals surface area contributed by atoms with Crippen molar-refractivity contribution in [3.05, 3.63) is 47.5 Å². The van der Waals surface area contributed by atoms with Crippen LogP contribution in [0.1, 0.15) is 41.9 Å². The SMILES string of the molecule is O=C(NCCC1CCCCO1)c1cc(COc2ccccc2F)[nH]n1. The summed E-state index contributed by atoms with van der Waals surface area (Å²) in [6.45, 7) is 1.47. The molecule has 134 valence electrons. The second-order valence-electron chi connectivity index (χ2n) is 6.03. The van der Waals surface area contributed by atoms with Crippen LogP contribution in [-0.2, 0) is 11.3 Å². The highest BCUT2D eigenvalue weighted by atomic mass is 19.1. The number of hydrogen-bond donors (Lipinski definition) is 2. The van der Waals surface area contributed by atoms with Gasteiger partial charge in [0.05, 0.1) is 11.8 Å². The number of nitrogens with one attached hydrogen (secondary N) is 2. The molecule has 1 aliphatic rings. The topological polar surface area (TPSA) is 76.2 Å². The van der Waals surface area contributed by atoms with Crippen LogP contribution in [0.25, 0.3) is 0 Å². The molecular weight excluding hydrogens is 325 g/mol. The summed E-state index contributed by atoms with van der Waals surface area (Å²) in [5, 5.41) is 9.55. The number of ether oxygens (including phenoxy) is 2. The van der Waals surface area contributed by atoms with Crippen molar-refractivity contribution in [1.29, 1.82) is 0 Å². The standard InChI is InChI=1S/C18H22FN3O3/c19-15-6-1-2-7-17(15)25-12-13-11-16(22-21-13)18(23)20-9-8-14-5-3-4-10-24-14/h1-2,6-7,11,14H,3-5,8-10,12H2,(H,20,23)(H,21,22). The van der Waals surface area contributed by atoms with Crippen LogP contribution in [0, 0.1) is 5.82 Å². The van der Waals surface area contributed by atoms with Crippen molar-refractivity contribution in [3.8, 4) is 5.75 Å². The van der Waals surface area contributed by atoms with Crippen molar-refractivity contribution in [2.24, 2.45) is 0 Å². The lowest BCUT2D eigenvalue weighted by Gasteiger charge is -2.22. The Morgan fingerprint density at radius 2 is 2.28 bits per heavy atom. The van der Waals surface area contributed by atoms with Gasteiger partial charge in [-0.15, -0.1) is 0 Å². The Hall–Kier alpha value is -2.41. The highest BCUT2D eigenvalue weighted by Crippen LogP contribution is 2.17. The summed E-state index contributed by atoms with van der Waals surface area (Å²) < 4.78 is 24.5. The highest BCUT2D eigenvalue weighted by Gasteiger charge is 2.15. The Kier molecular flexibility index (Phi) is 6.00. The van der Waals surface area contributed by atoms with Crippen molar-refractivity contribution in [1.82, 2.24) is 15.5 Å². The molecule has 1 aromatic heterocycles. The van der Waals surface area contributed by atoms with E-state index in [-0.39, 0.29) is 30.1 Å². The number of benzene rings is 1. The number of carbonyl (C=O) groups is 1. The quantitative estimate of drug-likeness (QED) is 0.807.